The first-order valence-electron chi connectivity index (χ1n) is 6.89. The molecular weight excluding hydrogens is 288 g/mol. The van der Waals surface area contributed by atoms with Gasteiger partial charge in [-0.1, -0.05) is 32.6 Å². The van der Waals surface area contributed by atoms with Crippen LogP contribution in [-0.4, -0.2) is 12.6 Å². The van der Waals surface area contributed by atoms with E-state index in [2.05, 4.69) is 6.92 Å². The molecule has 2 nitrogen and oxygen atoms in total. The molecule has 0 N–H and O–H groups in total. The number of hydrogen-bond acceptors (Lipinski definition) is 2. The number of benzene rings is 1. The van der Waals surface area contributed by atoms with Crippen LogP contribution in [0.2, 0.25) is 0 Å². The van der Waals surface area contributed by atoms with Crippen LogP contribution in [0.25, 0.3) is 0 Å². The fourth-order valence-corrected chi connectivity index (χ4v) is 1.82. The van der Waals surface area contributed by atoms with Gasteiger partial charge < -0.3 is 4.74 Å². The molecule has 0 amide bonds. The summed E-state index contributed by atoms with van der Waals surface area (Å²) in [6.07, 6.45) is 0.0326. The van der Waals surface area contributed by atoms with Gasteiger partial charge in [0, 0.05) is 0 Å². The molecule has 0 saturated carbocycles. The summed E-state index contributed by atoms with van der Waals surface area (Å²) in [5.74, 6) is -2.05. The molecule has 0 aliphatic heterocycles. The molecule has 1 aromatic rings. The van der Waals surface area contributed by atoms with Crippen LogP contribution in [-0.2, 0) is 10.9 Å². The second-order valence-electron chi connectivity index (χ2n) is 4.78. The van der Waals surface area contributed by atoms with Crippen molar-refractivity contribution in [3.63, 3.8) is 0 Å². The third-order valence-electron chi connectivity index (χ3n) is 2.94. The maximum Gasteiger partial charge on any atom is 0.416 e. The first kappa shape index (κ1) is 17.5. The maximum absolute atomic E-state index is 13.1. The summed E-state index contributed by atoms with van der Waals surface area (Å²) >= 11 is 0. The second kappa shape index (κ2) is 8.00. The van der Waals surface area contributed by atoms with Crippen molar-refractivity contribution in [1.29, 1.82) is 0 Å². The van der Waals surface area contributed by atoms with Gasteiger partial charge in [0.1, 0.15) is 5.82 Å². The van der Waals surface area contributed by atoms with Crippen LogP contribution in [0.15, 0.2) is 18.2 Å². The fraction of sp³-hybridized carbons (Fsp3) is 0.533. The van der Waals surface area contributed by atoms with Gasteiger partial charge in [0.15, 0.2) is 0 Å². The summed E-state index contributed by atoms with van der Waals surface area (Å²) in [4.78, 5) is 11.6. The van der Waals surface area contributed by atoms with E-state index in [0.29, 0.717) is 18.6 Å². The van der Waals surface area contributed by atoms with Gasteiger partial charge in [0.25, 0.3) is 0 Å². The van der Waals surface area contributed by atoms with Gasteiger partial charge in [0.05, 0.1) is 17.7 Å². The van der Waals surface area contributed by atoms with Crippen molar-refractivity contribution in [2.45, 2.75) is 45.2 Å². The molecule has 0 heterocycles. The largest absolute Gasteiger partial charge is 0.462 e. The molecule has 0 radical (unpaired) electrons. The number of rotatable bonds is 7. The zero-order valence-corrected chi connectivity index (χ0v) is 11.8. The minimum absolute atomic E-state index is 0.125. The first-order valence-corrected chi connectivity index (χ1v) is 6.89. The standard InChI is InChI=1S/C15H18F4O2/c1-2-3-4-5-6-7-21-14(20)11-8-12(15(17,18)19)10-13(16)9-11/h8-10H,2-7H2,1H3. The van der Waals surface area contributed by atoms with Crippen molar-refractivity contribution >= 4 is 5.97 Å². The summed E-state index contributed by atoms with van der Waals surface area (Å²) in [5, 5.41) is 0. The number of ether oxygens (including phenoxy) is 1. The SMILES string of the molecule is CCCCCCCOC(=O)c1cc(F)cc(C(F)(F)F)c1. The first-order chi connectivity index (χ1) is 9.84. The molecular formula is C15H18F4O2. The van der Waals surface area contributed by atoms with Crippen molar-refractivity contribution in [1.82, 2.24) is 0 Å². The summed E-state index contributed by atoms with van der Waals surface area (Å²) in [6, 6.07) is 1.69. The summed E-state index contributed by atoms with van der Waals surface area (Å²) in [6.45, 7) is 2.20. The van der Waals surface area contributed by atoms with Crippen LogP contribution in [0.5, 0.6) is 0 Å². The lowest BCUT2D eigenvalue weighted by atomic mass is 10.1. The Balaban J connectivity index is 2.56. The smallest absolute Gasteiger partial charge is 0.416 e. The molecule has 0 aliphatic carbocycles. The summed E-state index contributed by atoms with van der Waals surface area (Å²) in [5.41, 5.74) is -1.62. The Hall–Kier alpha value is -1.59. The van der Waals surface area contributed by atoms with Crippen LogP contribution in [0.4, 0.5) is 17.6 Å². The third kappa shape index (κ3) is 6.14. The highest BCUT2D eigenvalue weighted by Crippen LogP contribution is 2.30. The average Bonchev–Trinajstić information content (AvgIpc) is 2.40. The van der Waals surface area contributed by atoms with Gasteiger partial charge in [-0.25, -0.2) is 9.18 Å². The van der Waals surface area contributed by atoms with E-state index < -0.39 is 29.1 Å². The number of esters is 1. The summed E-state index contributed by atoms with van der Waals surface area (Å²) < 4.78 is 55.5. The quantitative estimate of drug-likeness (QED) is 0.404. The molecule has 0 saturated heterocycles. The number of hydrogen-bond donors (Lipinski definition) is 0. The Bertz CT molecular complexity index is 469. The van der Waals surface area contributed by atoms with Crippen LogP contribution < -0.4 is 0 Å². The van der Waals surface area contributed by atoms with Crippen LogP contribution in [0.1, 0.15) is 54.9 Å². The minimum atomic E-state index is -4.70. The normalized spacial score (nSPS) is 11.5. The van der Waals surface area contributed by atoms with Crippen LogP contribution in [0, 0.1) is 5.82 Å². The van der Waals surface area contributed by atoms with Crippen molar-refractivity contribution in [2.75, 3.05) is 6.61 Å². The van der Waals surface area contributed by atoms with Crippen molar-refractivity contribution in [3.05, 3.63) is 35.1 Å². The van der Waals surface area contributed by atoms with E-state index in [4.69, 9.17) is 4.74 Å². The lowest BCUT2D eigenvalue weighted by Crippen LogP contribution is -2.11. The average molecular weight is 306 g/mol. The highest BCUT2D eigenvalue weighted by atomic mass is 19.4. The van der Waals surface area contributed by atoms with E-state index in [0.717, 1.165) is 31.7 Å². The number of carbonyl (C=O) groups is 1. The molecule has 0 aliphatic rings. The Labute approximate surface area is 121 Å². The van der Waals surface area contributed by atoms with E-state index in [1.807, 2.05) is 0 Å². The molecule has 1 rings (SSSR count). The lowest BCUT2D eigenvalue weighted by Gasteiger charge is -2.09. The molecule has 0 atom stereocenters. The van der Waals surface area contributed by atoms with E-state index >= 15 is 0 Å². The highest BCUT2D eigenvalue weighted by molar-refractivity contribution is 5.89. The molecule has 0 fully saturated rings. The Kier molecular flexibility index (Phi) is 6.65. The molecule has 118 valence electrons. The van der Waals surface area contributed by atoms with E-state index in [1.54, 1.807) is 0 Å². The molecule has 0 bridgehead atoms. The number of halogens is 4. The number of unbranched alkanes of at least 4 members (excludes halogenated alkanes) is 4. The van der Waals surface area contributed by atoms with Crippen molar-refractivity contribution < 1.29 is 27.1 Å². The predicted octanol–water partition coefficient (Wildman–Crippen LogP) is 4.97. The zero-order chi connectivity index (χ0) is 15.9. The van der Waals surface area contributed by atoms with Gasteiger partial charge in [-0.2, -0.15) is 13.2 Å². The zero-order valence-electron chi connectivity index (χ0n) is 11.8. The van der Waals surface area contributed by atoms with Gasteiger partial charge in [-0.15, -0.1) is 0 Å². The minimum Gasteiger partial charge on any atom is -0.462 e. The van der Waals surface area contributed by atoms with Crippen molar-refractivity contribution in [2.24, 2.45) is 0 Å². The molecule has 0 spiro atoms. The molecule has 0 unspecified atom stereocenters. The Morgan fingerprint density at radius 3 is 2.38 bits per heavy atom. The van der Waals surface area contributed by atoms with E-state index in [9.17, 15) is 22.4 Å². The number of carbonyl (C=O) groups excluding carboxylic acids is 1. The van der Waals surface area contributed by atoms with Gasteiger partial charge >= 0.3 is 12.1 Å². The fourth-order valence-electron chi connectivity index (χ4n) is 1.82. The summed E-state index contributed by atoms with van der Waals surface area (Å²) in [7, 11) is 0. The van der Waals surface area contributed by atoms with Crippen molar-refractivity contribution in [3.8, 4) is 0 Å². The lowest BCUT2D eigenvalue weighted by molar-refractivity contribution is -0.137. The predicted molar refractivity (Wildman–Crippen MR) is 70.4 cm³/mol. The molecule has 21 heavy (non-hydrogen) atoms. The van der Waals surface area contributed by atoms with E-state index in [-0.39, 0.29) is 6.61 Å². The molecule has 6 heteroatoms. The Morgan fingerprint density at radius 1 is 1.10 bits per heavy atom. The second-order valence-corrected chi connectivity index (χ2v) is 4.78. The van der Waals surface area contributed by atoms with Gasteiger partial charge in [0.2, 0.25) is 0 Å². The Morgan fingerprint density at radius 2 is 1.76 bits per heavy atom. The highest BCUT2D eigenvalue weighted by Gasteiger charge is 2.32. The third-order valence-corrected chi connectivity index (χ3v) is 2.94. The monoisotopic (exact) mass is 306 g/mol. The molecule has 1 aromatic carbocycles. The van der Waals surface area contributed by atoms with Crippen LogP contribution in [0.3, 0.4) is 0 Å². The van der Waals surface area contributed by atoms with E-state index in [1.165, 1.54) is 0 Å². The van der Waals surface area contributed by atoms with Gasteiger partial charge in [-0.05, 0) is 24.6 Å². The topological polar surface area (TPSA) is 26.3 Å². The molecule has 0 aromatic heterocycles. The number of alkyl halides is 3. The maximum atomic E-state index is 13.1. The van der Waals surface area contributed by atoms with Gasteiger partial charge in [-0.3, -0.25) is 0 Å². The van der Waals surface area contributed by atoms with Crippen LogP contribution >= 0.6 is 0 Å².